The summed E-state index contributed by atoms with van der Waals surface area (Å²) in [6.45, 7) is 3.33. The zero-order valence-electron chi connectivity index (χ0n) is 12.4. The fourth-order valence-corrected chi connectivity index (χ4v) is 1.95. The number of amides is 1. The molecule has 0 aliphatic rings. The van der Waals surface area contributed by atoms with E-state index >= 15 is 0 Å². The van der Waals surface area contributed by atoms with Crippen molar-refractivity contribution in [2.75, 3.05) is 39.2 Å². The molecule has 0 bridgehead atoms. The first-order chi connectivity index (χ1) is 9.97. The van der Waals surface area contributed by atoms with Gasteiger partial charge in [-0.15, -0.1) is 0 Å². The molecule has 0 aliphatic carbocycles. The van der Waals surface area contributed by atoms with E-state index in [1.54, 1.807) is 6.26 Å². The zero-order chi connectivity index (χ0) is 16.1. The largest absolute Gasteiger partial charge is 0.481 e. The van der Waals surface area contributed by atoms with Gasteiger partial charge < -0.3 is 19.9 Å². The van der Waals surface area contributed by atoms with Gasteiger partial charge in [-0.25, -0.2) is 0 Å². The molecule has 21 heavy (non-hydrogen) atoms. The van der Waals surface area contributed by atoms with E-state index in [0.717, 1.165) is 0 Å². The highest BCUT2D eigenvalue weighted by Crippen LogP contribution is 2.10. The number of rotatable bonds is 13. The van der Waals surface area contributed by atoms with Crippen LogP contribution in [0.1, 0.15) is 19.8 Å². The number of aliphatic carboxylic acids is 1. The van der Waals surface area contributed by atoms with E-state index in [4.69, 9.17) is 14.6 Å². The monoisotopic (exact) mass is 321 g/mol. The van der Waals surface area contributed by atoms with Crippen LogP contribution in [-0.2, 0) is 23.9 Å². The van der Waals surface area contributed by atoms with Gasteiger partial charge in [0, 0.05) is 13.0 Å². The molecule has 0 aromatic carbocycles. The van der Waals surface area contributed by atoms with Gasteiger partial charge in [0.2, 0.25) is 5.91 Å². The maximum Gasteiger partial charge on any atom is 0.305 e. The average Bonchev–Trinajstić information content (AvgIpc) is 2.42. The number of carbonyl (C=O) groups excluding carboxylic acids is 2. The van der Waals surface area contributed by atoms with E-state index in [2.05, 4.69) is 5.32 Å². The molecule has 2 N–H and O–H groups in total. The third kappa shape index (κ3) is 12.3. The van der Waals surface area contributed by atoms with Crippen molar-refractivity contribution in [2.24, 2.45) is 0 Å². The summed E-state index contributed by atoms with van der Waals surface area (Å²) in [6.07, 6.45) is 1.90. The Balaban J connectivity index is 3.51. The molecule has 0 aromatic rings. The highest BCUT2D eigenvalue weighted by atomic mass is 32.2. The molecular formula is C13H23NO6S. The zero-order valence-corrected chi connectivity index (χ0v) is 13.2. The summed E-state index contributed by atoms with van der Waals surface area (Å²) < 4.78 is 10.4. The maximum absolute atomic E-state index is 11.6. The van der Waals surface area contributed by atoms with Gasteiger partial charge in [0.25, 0.3) is 0 Å². The molecule has 8 heteroatoms. The summed E-state index contributed by atoms with van der Waals surface area (Å²) >= 11 is 1.20. The first kappa shape index (κ1) is 19.9. The molecule has 0 aromatic heterocycles. The summed E-state index contributed by atoms with van der Waals surface area (Å²) in [5, 5.41) is 10.7. The lowest BCUT2D eigenvalue weighted by Gasteiger charge is -2.12. The average molecular weight is 321 g/mol. The van der Waals surface area contributed by atoms with Crippen molar-refractivity contribution in [1.82, 2.24) is 5.32 Å². The third-order valence-electron chi connectivity index (χ3n) is 2.45. The van der Waals surface area contributed by atoms with Gasteiger partial charge in [-0.2, -0.15) is 11.8 Å². The molecule has 0 saturated heterocycles. The Labute approximate surface area is 128 Å². The minimum Gasteiger partial charge on any atom is -0.481 e. The number of Topliss-reactive ketones (excluding diaryl/α,β-unsaturated/α-hetero) is 1. The number of carboxylic acids is 1. The number of carboxylic acid groups (broad SMARTS) is 1. The van der Waals surface area contributed by atoms with Crippen LogP contribution in [0, 0.1) is 0 Å². The van der Waals surface area contributed by atoms with Crippen molar-refractivity contribution in [3.05, 3.63) is 0 Å². The molecule has 1 unspecified atom stereocenters. The summed E-state index contributed by atoms with van der Waals surface area (Å²) in [7, 11) is 0. The number of ketones is 1. The lowest BCUT2D eigenvalue weighted by atomic mass is 10.3. The molecule has 0 fully saturated rings. The van der Waals surface area contributed by atoms with Crippen molar-refractivity contribution in [1.29, 1.82) is 0 Å². The second-order valence-electron chi connectivity index (χ2n) is 4.29. The summed E-state index contributed by atoms with van der Waals surface area (Å²) in [5.41, 5.74) is 0. The molecule has 7 nitrogen and oxygen atoms in total. The van der Waals surface area contributed by atoms with Gasteiger partial charge in [-0.1, -0.05) is 0 Å². The Morgan fingerprint density at radius 3 is 2.29 bits per heavy atom. The first-order valence-electron chi connectivity index (χ1n) is 6.64. The Kier molecular flexibility index (Phi) is 11.9. The minimum absolute atomic E-state index is 0.0864. The van der Waals surface area contributed by atoms with Gasteiger partial charge in [-0.05, 0) is 13.2 Å². The smallest absolute Gasteiger partial charge is 0.305 e. The molecule has 0 radical (unpaired) electrons. The van der Waals surface area contributed by atoms with Crippen molar-refractivity contribution in [2.45, 2.75) is 25.0 Å². The highest BCUT2D eigenvalue weighted by Gasteiger charge is 2.19. The number of hydrogen-bond donors (Lipinski definition) is 2. The molecule has 0 heterocycles. The SMILES string of the molecule is CSC(CC(=O)O)C(=O)NCCOCCOCCC(C)=O. The number of hydrogen-bond acceptors (Lipinski definition) is 6. The quantitative estimate of drug-likeness (QED) is 0.471. The van der Waals surface area contributed by atoms with Gasteiger partial charge in [0.1, 0.15) is 5.78 Å². The number of carbonyl (C=O) groups is 3. The standard InChI is InChI=1S/C13H23NO6S/c1-10(15)3-5-19-7-8-20-6-4-14-13(18)11(21-2)9-12(16)17/h11H,3-9H2,1-2H3,(H,14,18)(H,16,17). The van der Waals surface area contributed by atoms with Crippen LogP contribution in [-0.4, -0.2) is 67.2 Å². The number of thioether (sulfide) groups is 1. The van der Waals surface area contributed by atoms with Crippen LogP contribution >= 0.6 is 11.8 Å². The molecular weight excluding hydrogens is 298 g/mol. The van der Waals surface area contributed by atoms with Crippen molar-refractivity contribution >= 4 is 29.4 Å². The molecule has 1 amide bonds. The van der Waals surface area contributed by atoms with Crippen LogP contribution in [0.25, 0.3) is 0 Å². The molecule has 122 valence electrons. The number of nitrogens with one attached hydrogen (secondary N) is 1. The Hall–Kier alpha value is -1.12. The van der Waals surface area contributed by atoms with Crippen molar-refractivity contribution < 1.29 is 29.0 Å². The number of ether oxygens (including phenoxy) is 2. The van der Waals surface area contributed by atoms with Crippen LogP contribution in [0.2, 0.25) is 0 Å². The van der Waals surface area contributed by atoms with Crippen molar-refractivity contribution in [3.63, 3.8) is 0 Å². The summed E-state index contributed by atoms with van der Waals surface area (Å²) in [4.78, 5) is 32.8. The Morgan fingerprint density at radius 2 is 1.76 bits per heavy atom. The summed E-state index contributed by atoms with van der Waals surface area (Å²) in [5.74, 6) is -1.21. The molecule has 1 atom stereocenters. The van der Waals surface area contributed by atoms with Crippen LogP contribution < -0.4 is 5.32 Å². The van der Waals surface area contributed by atoms with Crippen LogP contribution in [0.3, 0.4) is 0 Å². The lowest BCUT2D eigenvalue weighted by Crippen LogP contribution is -2.36. The highest BCUT2D eigenvalue weighted by molar-refractivity contribution is 7.99. The fourth-order valence-electron chi connectivity index (χ4n) is 1.34. The minimum atomic E-state index is -0.997. The molecule has 0 saturated carbocycles. The van der Waals surface area contributed by atoms with E-state index in [9.17, 15) is 14.4 Å². The van der Waals surface area contributed by atoms with E-state index in [1.807, 2.05) is 0 Å². The van der Waals surface area contributed by atoms with Gasteiger partial charge in [-0.3, -0.25) is 14.4 Å². The van der Waals surface area contributed by atoms with Gasteiger partial charge in [0.05, 0.1) is 38.1 Å². The fraction of sp³-hybridized carbons (Fsp3) is 0.769. The second-order valence-corrected chi connectivity index (χ2v) is 5.33. The van der Waals surface area contributed by atoms with Gasteiger partial charge >= 0.3 is 5.97 Å². The Morgan fingerprint density at radius 1 is 1.14 bits per heavy atom. The van der Waals surface area contributed by atoms with Crippen LogP contribution in [0.4, 0.5) is 0 Å². The normalized spacial score (nSPS) is 11.9. The van der Waals surface area contributed by atoms with E-state index < -0.39 is 11.2 Å². The second kappa shape index (κ2) is 12.6. The maximum atomic E-state index is 11.6. The van der Waals surface area contributed by atoms with Crippen LogP contribution in [0.15, 0.2) is 0 Å². The third-order valence-corrected chi connectivity index (χ3v) is 3.40. The Bertz CT molecular complexity index is 337. The predicted octanol–water partition coefficient (Wildman–Crippen LogP) is 0.321. The predicted molar refractivity (Wildman–Crippen MR) is 79.5 cm³/mol. The first-order valence-corrected chi connectivity index (χ1v) is 7.93. The van der Waals surface area contributed by atoms with E-state index in [1.165, 1.54) is 18.7 Å². The lowest BCUT2D eigenvalue weighted by molar-refractivity contribution is -0.138. The topological polar surface area (TPSA) is 102 Å². The van der Waals surface area contributed by atoms with E-state index in [-0.39, 0.29) is 18.1 Å². The van der Waals surface area contributed by atoms with E-state index in [0.29, 0.717) is 39.4 Å². The molecule has 0 aliphatic heterocycles. The van der Waals surface area contributed by atoms with Crippen LogP contribution in [0.5, 0.6) is 0 Å². The van der Waals surface area contributed by atoms with Gasteiger partial charge in [0.15, 0.2) is 0 Å². The molecule has 0 spiro atoms. The molecule has 0 rings (SSSR count). The summed E-state index contributed by atoms with van der Waals surface area (Å²) in [6, 6.07) is 0. The van der Waals surface area contributed by atoms with Crippen molar-refractivity contribution in [3.8, 4) is 0 Å².